The van der Waals surface area contributed by atoms with E-state index in [0.29, 0.717) is 12.1 Å². The average molecular weight is 165 g/mol. The van der Waals surface area contributed by atoms with Crippen molar-refractivity contribution in [3.05, 3.63) is 0 Å². The Bertz CT molecular complexity index is 195. The molecule has 1 atom stereocenters. The van der Waals surface area contributed by atoms with Gasteiger partial charge in [-0.15, -0.1) is 0 Å². The second-order valence-corrected chi connectivity index (χ2v) is 3.83. The van der Waals surface area contributed by atoms with Gasteiger partial charge in [0, 0.05) is 12.1 Å². The number of likely N-dealkylation sites (tertiary alicyclic amines) is 1. The Morgan fingerprint density at radius 2 is 2.42 bits per heavy atom. The fraction of sp³-hybridized carbons (Fsp3) is 0.889. The molecule has 0 aliphatic carbocycles. The molecule has 2 aliphatic heterocycles. The van der Waals surface area contributed by atoms with E-state index in [2.05, 4.69) is 16.3 Å². The van der Waals surface area contributed by atoms with Gasteiger partial charge in [-0.05, 0) is 32.4 Å². The molecule has 1 N–H and O–H groups in total. The summed E-state index contributed by atoms with van der Waals surface area (Å²) in [6.45, 7) is 3.95. The highest BCUT2D eigenvalue weighted by Crippen LogP contribution is 2.33. The maximum atomic E-state index is 8.66. The van der Waals surface area contributed by atoms with Crippen molar-refractivity contribution in [2.24, 2.45) is 0 Å². The van der Waals surface area contributed by atoms with Gasteiger partial charge in [-0.25, -0.2) is 0 Å². The van der Waals surface area contributed by atoms with E-state index in [1.54, 1.807) is 0 Å². The third-order valence-corrected chi connectivity index (χ3v) is 3.22. The number of nitriles is 1. The van der Waals surface area contributed by atoms with Gasteiger partial charge in [0.25, 0.3) is 0 Å². The second kappa shape index (κ2) is 3.04. The van der Waals surface area contributed by atoms with Crippen molar-refractivity contribution in [3.63, 3.8) is 0 Å². The van der Waals surface area contributed by atoms with Crippen LogP contribution in [-0.2, 0) is 0 Å². The third-order valence-electron chi connectivity index (χ3n) is 3.22. The average Bonchev–Trinajstić information content (AvgIpc) is 2.66. The van der Waals surface area contributed by atoms with E-state index >= 15 is 0 Å². The van der Waals surface area contributed by atoms with Gasteiger partial charge < -0.3 is 5.32 Å². The molecule has 0 aromatic rings. The van der Waals surface area contributed by atoms with Gasteiger partial charge in [0.15, 0.2) is 0 Å². The molecule has 0 aromatic carbocycles. The molecular formula is C9H15N3. The monoisotopic (exact) mass is 165 g/mol. The molecule has 0 aromatic heterocycles. The van der Waals surface area contributed by atoms with Crippen LogP contribution in [0.4, 0.5) is 0 Å². The van der Waals surface area contributed by atoms with Crippen LogP contribution in [0, 0.1) is 11.3 Å². The summed E-state index contributed by atoms with van der Waals surface area (Å²) < 4.78 is 0. The maximum Gasteiger partial charge on any atom is 0.0870 e. The van der Waals surface area contributed by atoms with Crippen LogP contribution in [0.15, 0.2) is 0 Å². The summed E-state index contributed by atoms with van der Waals surface area (Å²) in [5.74, 6) is 0. The Hall–Kier alpha value is -0.590. The van der Waals surface area contributed by atoms with Gasteiger partial charge >= 0.3 is 0 Å². The molecule has 2 fully saturated rings. The van der Waals surface area contributed by atoms with E-state index in [0.717, 1.165) is 19.6 Å². The first-order chi connectivity index (χ1) is 5.87. The molecule has 2 rings (SSSR count). The van der Waals surface area contributed by atoms with Crippen molar-refractivity contribution in [1.82, 2.24) is 10.2 Å². The normalized spacial score (nSPS) is 35.9. The standard InChI is InChI=1S/C9H15N3/c10-4-7-12-6-1-2-9(12)3-5-11-8-9/h11H,1-3,5-8H2. The zero-order valence-electron chi connectivity index (χ0n) is 7.34. The van der Waals surface area contributed by atoms with Crippen molar-refractivity contribution >= 4 is 0 Å². The number of nitrogens with zero attached hydrogens (tertiary/aromatic N) is 2. The molecule has 2 saturated heterocycles. The van der Waals surface area contributed by atoms with E-state index in [1.807, 2.05) is 0 Å². The van der Waals surface area contributed by atoms with Crippen LogP contribution in [0.1, 0.15) is 19.3 Å². The summed E-state index contributed by atoms with van der Waals surface area (Å²) in [7, 11) is 0. The number of nitrogens with one attached hydrogen (secondary N) is 1. The molecule has 0 amide bonds. The van der Waals surface area contributed by atoms with Gasteiger partial charge in [-0.3, -0.25) is 4.90 Å². The maximum absolute atomic E-state index is 8.66. The van der Waals surface area contributed by atoms with Gasteiger partial charge in [0.2, 0.25) is 0 Å². The first-order valence-electron chi connectivity index (χ1n) is 4.70. The molecule has 1 spiro atoms. The van der Waals surface area contributed by atoms with Crippen LogP contribution >= 0.6 is 0 Å². The van der Waals surface area contributed by atoms with Crippen LogP contribution in [0.25, 0.3) is 0 Å². The zero-order chi connectivity index (χ0) is 8.44. The van der Waals surface area contributed by atoms with E-state index in [9.17, 15) is 0 Å². The molecule has 1 unspecified atom stereocenters. The molecule has 3 heteroatoms. The Labute approximate surface area is 73.3 Å². The Morgan fingerprint density at radius 3 is 3.08 bits per heavy atom. The lowest BCUT2D eigenvalue weighted by Crippen LogP contribution is -2.45. The first-order valence-corrected chi connectivity index (χ1v) is 4.70. The lowest BCUT2D eigenvalue weighted by Gasteiger charge is -2.32. The molecule has 0 radical (unpaired) electrons. The van der Waals surface area contributed by atoms with Gasteiger partial charge in [0.1, 0.15) is 0 Å². The summed E-state index contributed by atoms with van der Waals surface area (Å²) >= 11 is 0. The number of hydrogen-bond donors (Lipinski definition) is 1. The van der Waals surface area contributed by atoms with Gasteiger partial charge in [-0.1, -0.05) is 0 Å². The highest BCUT2D eigenvalue weighted by molar-refractivity contribution is 5.03. The summed E-state index contributed by atoms with van der Waals surface area (Å²) in [6.07, 6.45) is 3.78. The van der Waals surface area contributed by atoms with Crippen molar-refractivity contribution in [2.45, 2.75) is 24.8 Å². The second-order valence-electron chi connectivity index (χ2n) is 3.83. The van der Waals surface area contributed by atoms with Crippen molar-refractivity contribution < 1.29 is 0 Å². The zero-order valence-corrected chi connectivity index (χ0v) is 7.34. The molecule has 2 heterocycles. The first kappa shape index (κ1) is 8.03. The fourth-order valence-electron chi connectivity index (χ4n) is 2.54. The highest BCUT2D eigenvalue weighted by atomic mass is 15.3. The number of rotatable bonds is 1. The summed E-state index contributed by atoms with van der Waals surface area (Å²) in [5, 5.41) is 12.1. The van der Waals surface area contributed by atoms with E-state index in [-0.39, 0.29) is 0 Å². The smallest absolute Gasteiger partial charge is 0.0870 e. The quantitative estimate of drug-likeness (QED) is 0.569. The van der Waals surface area contributed by atoms with Crippen molar-refractivity contribution in [2.75, 3.05) is 26.2 Å². The SMILES string of the molecule is N#CCN1CCCC12CCNC2. The molecule has 0 bridgehead atoms. The Morgan fingerprint density at radius 1 is 1.50 bits per heavy atom. The lowest BCUT2D eigenvalue weighted by molar-refractivity contribution is 0.176. The third kappa shape index (κ3) is 1.12. The van der Waals surface area contributed by atoms with Crippen LogP contribution in [-0.4, -0.2) is 36.6 Å². The Kier molecular flexibility index (Phi) is 2.03. The van der Waals surface area contributed by atoms with Crippen LogP contribution in [0.5, 0.6) is 0 Å². The predicted octanol–water partition coefficient (Wildman–Crippen LogP) is 0.338. The molecule has 66 valence electrons. The highest BCUT2D eigenvalue weighted by Gasteiger charge is 2.42. The summed E-state index contributed by atoms with van der Waals surface area (Å²) in [6, 6.07) is 2.26. The Balaban J connectivity index is 2.07. The minimum Gasteiger partial charge on any atom is -0.315 e. The topological polar surface area (TPSA) is 39.1 Å². The van der Waals surface area contributed by atoms with Gasteiger partial charge in [0.05, 0.1) is 12.6 Å². The van der Waals surface area contributed by atoms with E-state index < -0.39 is 0 Å². The fourth-order valence-corrected chi connectivity index (χ4v) is 2.54. The molecule has 12 heavy (non-hydrogen) atoms. The molecule has 0 saturated carbocycles. The predicted molar refractivity (Wildman–Crippen MR) is 46.6 cm³/mol. The van der Waals surface area contributed by atoms with Crippen LogP contribution in [0.2, 0.25) is 0 Å². The molecule has 2 aliphatic rings. The van der Waals surface area contributed by atoms with E-state index in [1.165, 1.54) is 19.3 Å². The van der Waals surface area contributed by atoms with Crippen molar-refractivity contribution in [3.8, 4) is 6.07 Å². The van der Waals surface area contributed by atoms with E-state index in [4.69, 9.17) is 5.26 Å². The van der Waals surface area contributed by atoms with Gasteiger partial charge in [-0.2, -0.15) is 5.26 Å². The summed E-state index contributed by atoms with van der Waals surface area (Å²) in [4.78, 5) is 2.35. The molecular weight excluding hydrogens is 150 g/mol. The molecule has 3 nitrogen and oxygen atoms in total. The minimum absolute atomic E-state index is 0.357. The minimum atomic E-state index is 0.357. The van der Waals surface area contributed by atoms with Crippen molar-refractivity contribution in [1.29, 1.82) is 5.26 Å². The summed E-state index contributed by atoms with van der Waals surface area (Å²) in [5.41, 5.74) is 0.357. The lowest BCUT2D eigenvalue weighted by atomic mass is 9.95. The van der Waals surface area contributed by atoms with Crippen LogP contribution in [0.3, 0.4) is 0 Å². The van der Waals surface area contributed by atoms with Crippen LogP contribution < -0.4 is 5.32 Å². The largest absolute Gasteiger partial charge is 0.315 e. The number of hydrogen-bond acceptors (Lipinski definition) is 3.